The van der Waals surface area contributed by atoms with Crippen LogP contribution in [0.15, 0.2) is 70.8 Å². The first-order valence-electron chi connectivity index (χ1n) is 12.6. The number of aromatic hydroxyl groups is 1. The van der Waals surface area contributed by atoms with Gasteiger partial charge in [0.15, 0.2) is 11.6 Å². The summed E-state index contributed by atoms with van der Waals surface area (Å²) in [4.78, 5) is 54.9. The van der Waals surface area contributed by atoms with Crippen molar-refractivity contribution in [2.24, 2.45) is 17.8 Å². The summed E-state index contributed by atoms with van der Waals surface area (Å²) in [6.07, 6.45) is 4.86. The number of likely N-dealkylation sites (tertiary alicyclic amines) is 1. The van der Waals surface area contributed by atoms with Gasteiger partial charge in [-0.15, -0.1) is 0 Å². The highest BCUT2D eigenvalue weighted by molar-refractivity contribution is 6.24. The van der Waals surface area contributed by atoms with Crippen molar-refractivity contribution >= 4 is 34.2 Å². The maximum atomic E-state index is 13.5. The van der Waals surface area contributed by atoms with Crippen LogP contribution in [0.3, 0.4) is 0 Å². The van der Waals surface area contributed by atoms with Gasteiger partial charge >= 0.3 is 0 Å². The number of amides is 2. The standard InChI is InChI=1S/C30H27NO5/c1-3-12-31-29(35)20-9-8-19-21(26(20)30(31)36)14-22-27(24(33)13-15(2)28(22)34)25(19)18-10-11-23(32)17-7-5-4-6-16(17)18/h4-8,10-11,13,20-21,25-26,32H,3,9,12,14H2,1-2H3. The lowest BCUT2D eigenvalue weighted by Crippen LogP contribution is -2.39. The molecule has 6 heteroatoms. The first kappa shape index (κ1) is 22.7. The molecule has 2 aromatic rings. The molecule has 6 nitrogen and oxygen atoms in total. The summed E-state index contributed by atoms with van der Waals surface area (Å²) in [6, 6.07) is 10.9. The lowest BCUT2D eigenvalue weighted by atomic mass is 9.59. The van der Waals surface area contributed by atoms with Gasteiger partial charge in [0.1, 0.15) is 5.75 Å². The van der Waals surface area contributed by atoms with E-state index in [1.54, 1.807) is 13.0 Å². The Bertz CT molecular complexity index is 1480. The van der Waals surface area contributed by atoms with Crippen molar-refractivity contribution in [1.82, 2.24) is 4.90 Å². The van der Waals surface area contributed by atoms with E-state index >= 15 is 0 Å². The van der Waals surface area contributed by atoms with Gasteiger partial charge in [0, 0.05) is 34.6 Å². The molecule has 0 spiro atoms. The minimum Gasteiger partial charge on any atom is -0.507 e. The van der Waals surface area contributed by atoms with E-state index in [0.29, 0.717) is 41.5 Å². The fourth-order valence-electron chi connectivity index (χ4n) is 6.80. The molecular formula is C30H27NO5. The quantitative estimate of drug-likeness (QED) is 0.399. The largest absolute Gasteiger partial charge is 0.507 e. The van der Waals surface area contributed by atoms with Crippen LogP contribution < -0.4 is 0 Å². The monoisotopic (exact) mass is 481 g/mol. The van der Waals surface area contributed by atoms with Gasteiger partial charge in [-0.2, -0.15) is 0 Å². The number of benzene rings is 2. The smallest absolute Gasteiger partial charge is 0.233 e. The van der Waals surface area contributed by atoms with E-state index in [4.69, 9.17) is 0 Å². The number of imide groups is 1. The van der Waals surface area contributed by atoms with Crippen LogP contribution in [0.25, 0.3) is 10.8 Å². The van der Waals surface area contributed by atoms with Crippen molar-refractivity contribution in [2.75, 3.05) is 6.54 Å². The van der Waals surface area contributed by atoms with Crippen molar-refractivity contribution in [1.29, 1.82) is 0 Å². The number of Topliss-reactive ketones (excluding diaryl/α,β-unsaturated/α-hetero) is 1. The second kappa shape index (κ2) is 8.12. The highest BCUT2D eigenvalue weighted by Gasteiger charge is 2.56. The third-order valence-electron chi connectivity index (χ3n) is 8.35. The summed E-state index contributed by atoms with van der Waals surface area (Å²) in [5.41, 5.74) is 3.07. The van der Waals surface area contributed by atoms with Crippen LogP contribution in [0.1, 0.15) is 44.6 Å². The molecule has 1 saturated heterocycles. The van der Waals surface area contributed by atoms with E-state index in [0.717, 1.165) is 16.5 Å². The second-order valence-corrected chi connectivity index (χ2v) is 10.3. The van der Waals surface area contributed by atoms with Gasteiger partial charge < -0.3 is 5.11 Å². The number of carbonyl (C=O) groups is 4. The fraction of sp³-hybridized carbons (Fsp3) is 0.333. The molecule has 36 heavy (non-hydrogen) atoms. The van der Waals surface area contributed by atoms with Gasteiger partial charge in [0.05, 0.1) is 11.8 Å². The molecule has 0 bridgehead atoms. The van der Waals surface area contributed by atoms with E-state index < -0.39 is 17.8 Å². The maximum absolute atomic E-state index is 13.5. The van der Waals surface area contributed by atoms with Gasteiger partial charge in [-0.3, -0.25) is 24.1 Å². The van der Waals surface area contributed by atoms with Crippen molar-refractivity contribution in [3.63, 3.8) is 0 Å². The average molecular weight is 482 g/mol. The molecule has 182 valence electrons. The Labute approximate surface area is 209 Å². The Morgan fingerprint density at radius 3 is 2.47 bits per heavy atom. The molecule has 4 atom stereocenters. The third-order valence-corrected chi connectivity index (χ3v) is 8.35. The van der Waals surface area contributed by atoms with E-state index in [9.17, 15) is 24.3 Å². The number of phenolic OH excluding ortho intramolecular Hbond substituents is 1. The Balaban J connectivity index is 1.58. The Kier molecular flexibility index (Phi) is 5.11. The fourth-order valence-corrected chi connectivity index (χ4v) is 6.80. The number of phenols is 1. The number of nitrogens with zero attached hydrogens (tertiary/aromatic N) is 1. The van der Waals surface area contributed by atoms with E-state index in [-0.39, 0.29) is 41.5 Å². The Morgan fingerprint density at radius 2 is 1.72 bits per heavy atom. The van der Waals surface area contributed by atoms with Crippen LogP contribution >= 0.6 is 0 Å². The Hall–Kier alpha value is -3.80. The number of hydrogen-bond acceptors (Lipinski definition) is 5. The van der Waals surface area contributed by atoms with Crippen LogP contribution in [-0.4, -0.2) is 39.9 Å². The van der Waals surface area contributed by atoms with Gasteiger partial charge in [-0.1, -0.05) is 48.9 Å². The molecule has 1 heterocycles. The topological polar surface area (TPSA) is 91.8 Å². The first-order valence-corrected chi connectivity index (χ1v) is 12.6. The van der Waals surface area contributed by atoms with E-state index in [2.05, 4.69) is 0 Å². The molecule has 0 aromatic heterocycles. The molecule has 0 radical (unpaired) electrons. The molecule has 6 rings (SSSR count). The number of rotatable bonds is 3. The van der Waals surface area contributed by atoms with Crippen LogP contribution in [-0.2, 0) is 19.2 Å². The van der Waals surface area contributed by atoms with Crippen LogP contribution in [0, 0.1) is 17.8 Å². The molecule has 2 aromatic carbocycles. The molecule has 1 N–H and O–H groups in total. The minimum atomic E-state index is -0.530. The number of carbonyl (C=O) groups excluding carboxylic acids is 4. The van der Waals surface area contributed by atoms with Gasteiger partial charge in [0.25, 0.3) is 0 Å². The van der Waals surface area contributed by atoms with Crippen molar-refractivity contribution in [3.8, 4) is 5.75 Å². The molecular weight excluding hydrogens is 454 g/mol. The Morgan fingerprint density at radius 1 is 0.972 bits per heavy atom. The summed E-state index contributed by atoms with van der Waals surface area (Å²) in [5, 5.41) is 12.0. The SMILES string of the molecule is CCCN1C(=O)C2CC=C3C(c4ccc(O)c5ccccc45)C4=C(CC3C2C1=O)C(=O)C(C)=CC4=O. The van der Waals surface area contributed by atoms with Crippen molar-refractivity contribution < 1.29 is 24.3 Å². The predicted octanol–water partition coefficient (Wildman–Crippen LogP) is 4.38. The van der Waals surface area contributed by atoms with Crippen LogP contribution in [0.4, 0.5) is 0 Å². The number of allylic oxidation sites excluding steroid dienone is 6. The molecule has 2 amide bonds. The molecule has 0 saturated carbocycles. The molecule has 4 unspecified atom stereocenters. The maximum Gasteiger partial charge on any atom is 0.233 e. The molecule has 3 aliphatic carbocycles. The normalized spacial score (nSPS) is 27.7. The molecule has 4 aliphatic rings. The zero-order chi connectivity index (χ0) is 25.3. The zero-order valence-corrected chi connectivity index (χ0v) is 20.3. The second-order valence-electron chi connectivity index (χ2n) is 10.3. The third kappa shape index (κ3) is 3.03. The number of hydrogen-bond donors (Lipinski definition) is 1. The van der Waals surface area contributed by atoms with Crippen molar-refractivity contribution in [2.45, 2.75) is 39.0 Å². The summed E-state index contributed by atoms with van der Waals surface area (Å²) in [6.45, 7) is 3.99. The summed E-state index contributed by atoms with van der Waals surface area (Å²) >= 11 is 0. The minimum absolute atomic E-state index is 0.129. The molecule has 1 fully saturated rings. The highest BCUT2D eigenvalue weighted by atomic mass is 16.3. The van der Waals surface area contributed by atoms with Crippen LogP contribution in [0.5, 0.6) is 5.75 Å². The lowest BCUT2D eigenvalue weighted by Gasteiger charge is -2.42. The van der Waals surface area contributed by atoms with Crippen LogP contribution in [0.2, 0.25) is 0 Å². The van der Waals surface area contributed by atoms with E-state index in [1.807, 2.05) is 43.3 Å². The number of fused-ring (bicyclic) bond motifs is 4. The average Bonchev–Trinajstić information content (AvgIpc) is 3.12. The highest BCUT2D eigenvalue weighted by Crippen LogP contribution is 2.56. The van der Waals surface area contributed by atoms with Gasteiger partial charge in [-0.05, 0) is 55.2 Å². The zero-order valence-electron chi connectivity index (χ0n) is 20.3. The van der Waals surface area contributed by atoms with Gasteiger partial charge in [0.2, 0.25) is 11.8 Å². The summed E-state index contributed by atoms with van der Waals surface area (Å²) < 4.78 is 0. The summed E-state index contributed by atoms with van der Waals surface area (Å²) in [7, 11) is 0. The lowest BCUT2D eigenvalue weighted by molar-refractivity contribution is -0.140. The summed E-state index contributed by atoms with van der Waals surface area (Å²) in [5.74, 6) is -2.31. The molecule has 1 aliphatic heterocycles. The van der Waals surface area contributed by atoms with Gasteiger partial charge in [-0.25, -0.2) is 0 Å². The van der Waals surface area contributed by atoms with Crippen molar-refractivity contribution in [3.05, 3.63) is 76.4 Å². The number of ketones is 2. The first-order chi connectivity index (χ1) is 17.3. The predicted molar refractivity (Wildman–Crippen MR) is 134 cm³/mol. The van der Waals surface area contributed by atoms with E-state index in [1.165, 1.54) is 11.0 Å².